The highest BCUT2D eigenvalue weighted by molar-refractivity contribution is 9.10. The summed E-state index contributed by atoms with van der Waals surface area (Å²) in [6.07, 6.45) is 2.78. The molecule has 0 bridgehead atoms. The van der Waals surface area contributed by atoms with Gasteiger partial charge in [0.2, 0.25) is 0 Å². The van der Waals surface area contributed by atoms with Gasteiger partial charge in [-0.05, 0) is 29.3 Å². The minimum Gasteiger partial charge on any atom is -0.466 e. The lowest BCUT2D eigenvalue weighted by atomic mass is 10.1. The molecule has 1 aromatic heterocycles. The number of carbonyl (C=O) groups is 2. The molecule has 6 heteroatoms. The van der Waals surface area contributed by atoms with E-state index >= 15 is 0 Å². The van der Waals surface area contributed by atoms with Gasteiger partial charge < -0.3 is 4.74 Å². The third kappa shape index (κ3) is 4.30. The van der Waals surface area contributed by atoms with Crippen molar-refractivity contribution in [2.45, 2.75) is 26.2 Å². The van der Waals surface area contributed by atoms with E-state index in [2.05, 4.69) is 21.0 Å². The normalized spacial score (nSPS) is 10.3. The van der Waals surface area contributed by atoms with Crippen LogP contribution in [0, 0.1) is 0 Å². The van der Waals surface area contributed by atoms with Gasteiger partial charge in [-0.1, -0.05) is 0 Å². The smallest absolute Gasteiger partial charge is 0.305 e. The molecule has 0 aliphatic carbocycles. The van der Waals surface area contributed by atoms with E-state index in [-0.39, 0.29) is 18.2 Å². The van der Waals surface area contributed by atoms with Crippen LogP contribution in [-0.2, 0) is 16.6 Å². The summed E-state index contributed by atoms with van der Waals surface area (Å²) in [5.41, 5.74) is 0.413. The number of rotatable bonds is 6. The Bertz CT molecular complexity index is 415. The van der Waals surface area contributed by atoms with E-state index in [4.69, 9.17) is 4.74 Å². The van der Waals surface area contributed by atoms with Gasteiger partial charge in [0.15, 0.2) is 5.78 Å². The summed E-state index contributed by atoms with van der Waals surface area (Å²) in [5.74, 6) is -0.331. The molecule has 0 fully saturated rings. The van der Waals surface area contributed by atoms with E-state index in [9.17, 15) is 9.59 Å². The largest absolute Gasteiger partial charge is 0.466 e. The van der Waals surface area contributed by atoms with Crippen molar-refractivity contribution in [3.63, 3.8) is 0 Å². The van der Waals surface area contributed by atoms with Crippen LogP contribution in [0.4, 0.5) is 0 Å². The molecular formula is C11H15BrN2O3. The zero-order chi connectivity index (χ0) is 12.8. The van der Waals surface area contributed by atoms with Crippen LogP contribution in [0.5, 0.6) is 0 Å². The second-order valence-corrected chi connectivity index (χ2v) is 4.44. The summed E-state index contributed by atoms with van der Waals surface area (Å²) in [6.45, 7) is 2.13. The molecule has 5 nitrogen and oxygen atoms in total. The molecule has 0 saturated heterocycles. The molecule has 1 rings (SSSR count). The fourth-order valence-electron chi connectivity index (χ4n) is 1.39. The van der Waals surface area contributed by atoms with Gasteiger partial charge in [-0.3, -0.25) is 14.3 Å². The molecule has 0 spiro atoms. The number of aryl methyl sites for hydroxylation is 1. The van der Waals surface area contributed by atoms with Crippen molar-refractivity contribution >= 4 is 27.7 Å². The summed E-state index contributed by atoms with van der Waals surface area (Å²) < 4.78 is 7.03. The lowest BCUT2D eigenvalue weighted by Gasteiger charge is -2.00. The molecule has 1 heterocycles. The fourth-order valence-corrected chi connectivity index (χ4v) is 1.99. The monoisotopic (exact) mass is 302 g/mol. The number of nitrogens with zero attached hydrogens (tertiary/aromatic N) is 2. The number of hydrogen-bond acceptors (Lipinski definition) is 4. The Labute approximate surface area is 108 Å². The molecule has 0 radical (unpaired) electrons. The van der Waals surface area contributed by atoms with Crippen LogP contribution in [0.25, 0.3) is 0 Å². The van der Waals surface area contributed by atoms with Crippen molar-refractivity contribution in [2.24, 2.45) is 7.05 Å². The number of Topliss-reactive ketones (excluding diaryl/α,β-unsaturated/α-hetero) is 1. The van der Waals surface area contributed by atoms with Crippen LogP contribution in [-0.4, -0.2) is 28.1 Å². The summed E-state index contributed by atoms with van der Waals surface area (Å²) in [7, 11) is 1.75. The maximum Gasteiger partial charge on any atom is 0.305 e. The molecule has 0 aliphatic rings. The van der Waals surface area contributed by atoms with Gasteiger partial charge in [0.05, 0.1) is 11.1 Å². The Hall–Kier alpha value is -1.17. The summed E-state index contributed by atoms with van der Waals surface area (Å²) in [4.78, 5) is 22.8. The number of carbonyl (C=O) groups excluding carboxylic acids is 2. The van der Waals surface area contributed by atoms with E-state index in [1.165, 1.54) is 0 Å². The van der Waals surface area contributed by atoms with Crippen LogP contribution >= 0.6 is 15.9 Å². The highest BCUT2D eigenvalue weighted by Gasteiger charge is 2.14. The molecule has 1 aromatic rings. The van der Waals surface area contributed by atoms with Crippen LogP contribution in [0.15, 0.2) is 10.7 Å². The van der Waals surface area contributed by atoms with Crippen molar-refractivity contribution in [2.75, 3.05) is 6.61 Å². The Morgan fingerprint density at radius 3 is 2.71 bits per heavy atom. The zero-order valence-corrected chi connectivity index (χ0v) is 11.5. The van der Waals surface area contributed by atoms with E-state index in [0.29, 0.717) is 29.6 Å². The number of ether oxygens (including phenoxy) is 1. The molecule has 0 aliphatic heterocycles. The Balaban J connectivity index is 2.40. The Morgan fingerprint density at radius 1 is 1.47 bits per heavy atom. The summed E-state index contributed by atoms with van der Waals surface area (Å²) in [6, 6.07) is 0. The van der Waals surface area contributed by atoms with Gasteiger partial charge in [0.1, 0.15) is 5.69 Å². The van der Waals surface area contributed by atoms with Crippen molar-refractivity contribution < 1.29 is 14.3 Å². The second kappa shape index (κ2) is 6.54. The predicted octanol–water partition coefficient (Wildman–Crippen LogP) is 2.10. The maximum absolute atomic E-state index is 11.8. The number of ketones is 1. The van der Waals surface area contributed by atoms with Gasteiger partial charge in [-0.25, -0.2) is 0 Å². The first kappa shape index (κ1) is 13.9. The topological polar surface area (TPSA) is 61.2 Å². The lowest BCUT2D eigenvalue weighted by Crippen LogP contribution is -2.06. The first-order chi connectivity index (χ1) is 8.04. The van der Waals surface area contributed by atoms with Crippen molar-refractivity contribution in [3.8, 4) is 0 Å². The zero-order valence-electron chi connectivity index (χ0n) is 9.90. The van der Waals surface area contributed by atoms with Crippen LogP contribution in [0.1, 0.15) is 36.7 Å². The van der Waals surface area contributed by atoms with E-state index in [1.54, 1.807) is 24.9 Å². The average molecular weight is 303 g/mol. The van der Waals surface area contributed by atoms with Crippen molar-refractivity contribution in [1.29, 1.82) is 0 Å². The van der Waals surface area contributed by atoms with Gasteiger partial charge in [-0.2, -0.15) is 5.10 Å². The standard InChI is InChI=1S/C11H15BrN2O3/c1-3-17-10(16)6-4-5-9(15)11-8(12)7-14(2)13-11/h7H,3-6H2,1-2H3. The fraction of sp³-hybridized carbons (Fsp3) is 0.545. The highest BCUT2D eigenvalue weighted by Crippen LogP contribution is 2.17. The van der Waals surface area contributed by atoms with Gasteiger partial charge in [-0.15, -0.1) is 0 Å². The number of hydrogen-bond donors (Lipinski definition) is 0. The third-order valence-electron chi connectivity index (χ3n) is 2.14. The minimum atomic E-state index is -0.264. The molecule has 0 amide bonds. The Kier molecular flexibility index (Phi) is 5.34. The van der Waals surface area contributed by atoms with Gasteiger partial charge >= 0.3 is 5.97 Å². The van der Waals surface area contributed by atoms with Crippen LogP contribution in [0.2, 0.25) is 0 Å². The minimum absolute atomic E-state index is 0.0678. The van der Waals surface area contributed by atoms with E-state index in [0.717, 1.165) is 0 Å². The quantitative estimate of drug-likeness (QED) is 0.596. The predicted molar refractivity (Wildman–Crippen MR) is 65.7 cm³/mol. The number of esters is 1. The molecular weight excluding hydrogens is 288 g/mol. The number of halogens is 1. The molecule has 0 aromatic carbocycles. The van der Waals surface area contributed by atoms with Crippen LogP contribution in [0.3, 0.4) is 0 Å². The first-order valence-corrected chi connectivity index (χ1v) is 6.21. The average Bonchev–Trinajstić information content (AvgIpc) is 2.58. The molecule has 17 heavy (non-hydrogen) atoms. The molecule has 94 valence electrons. The maximum atomic E-state index is 11.8. The van der Waals surface area contributed by atoms with Crippen molar-refractivity contribution in [3.05, 3.63) is 16.4 Å². The van der Waals surface area contributed by atoms with Gasteiger partial charge in [0, 0.05) is 26.1 Å². The summed E-state index contributed by atoms with van der Waals surface area (Å²) >= 11 is 3.27. The molecule has 0 N–H and O–H groups in total. The number of aromatic nitrogens is 2. The van der Waals surface area contributed by atoms with E-state index in [1.807, 2.05) is 0 Å². The molecule has 0 atom stereocenters. The molecule has 0 unspecified atom stereocenters. The highest BCUT2D eigenvalue weighted by atomic mass is 79.9. The van der Waals surface area contributed by atoms with Crippen molar-refractivity contribution in [1.82, 2.24) is 9.78 Å². The lowest BCUT2D eigenvalue weighted by molar-refractivity contribution is -0.143. The molecule has 0 saturated carbocycles. The van der Waals surface area contributed by atoms with Crippen LogP contribution < -0.4 is 0 Å². The Morgan fingerprint density at radius 2 is 2.18 bits per heavy atom. The summed E-state index contributed by atoms with van der Waals surface area (Å²) in [5, 5.41) is 4.05. The first-order valence-electron chi connectivity index (χ1n) is 5.42. The SMILES string of the molecule is CCOC(=O)CCCC(=O)c1nn(C)cc1Br. The van der Waals surface area contributed by atoms with E-state index < -0.39 is 0 Å². The van der Waals surface area contributed by atoms with Gasteiger partial charge in [0.25, 0.3) is 0 Å². The third-order valence-corrected chi connectivity index (χ3v) is 2.72. The second-order valence-electron chi connectivity index (χ2n) is 3.58.